The summed E-state index contributed by atoms with van der Waals surface area (Å²) in [6.07, 6.45) is 0.765. The Morgan fingerprint density at radius 3 is 2.28 bits per heavy atom. The van der Waals surface area contributed by atoms with Crippen molar-refractivity contribution < 1.29 is 18.7 Å². The van der Waals surface area contributed by atoms with E-state index in [0.717, 1.165) is 17.5 Å². The summed E-state index contributed by atoms with van der Waals surface area (Å²) in [5.74, 6) is 0.700. The van der Waals surface area contributed by atoms with Crippen LogP contribution < -0.4 is 9.47 Å². The van der Waals surface area contributed by atoms with Crippen LogP contribution in [0, 0.1) is 5.82 Å². The Morgan fingerprint density at radius 1 is 0.966 bits per heavy atom. The lowest BCUT2D eigenvalue weighted by Gasteiger charge is -2.38. The minimum Gasteiger partial charge on any atom is -0.497 e. The van der Waals surface area contributed by atoms with Crippen molar-refractivity contribution >= 4 is 5.91 Å². The third-order valence-corrected chi connectivity index (χ3v) is 5.33. The number of rotatable bonds is 4. The lowest BCUT2D eigenvalue weighted by atomic mass is 9.87. The molecule has 1 atom stereocenters. The Kier molecular flexibility index (Phi) is 5.21. The average molecular weight is 391 g/mol. The van der Waals surface area contributed by atoms with Gasteiger partial charge in [0.2, 0.25) is 0 Å². The highest BCUT2D eigenvalue weighted by Crippen LogP contribution is 2.36. The van der Waals surface area contributed by atoms with Crippen LogP contribution >= 0.6 is 0 Å². The first kappa shape index (κ1) is 19.0. The minimum absolute atomic E-state index is 0.119. The second-order valence-electron chi connectivity index (χ2n) is 7.00. The molecule has 0 fully saturated rings. The second kappa shape index (κ2) is 7.95. The summed E-state index contributed by atoms with van der Waals surface area (Å²) in [5, 5.41) is 0. The quantitative estimate of drug-likeness (QED) is 0.651. The standard InChI is InChI=1S/C24H22FNO3/c1-28-20-13-18(14-21(15-20)29-2)24(27)26-12-11-16-5-3-4-6-22(16)23(26)17-7-9-19(25)10-8-17/h3-10,13-15,23H,11-12H2,1-2H3. The summed E-state index contributed by atoms with van der Waals surface area (Å²) >= 11 is 0. The molecule has 0 spiro atoms. The van der Waals surface area contributed by atoms with E-state index in [2.05, 4.69) is 6.07 Å². The lowest BCUT2D eigenvalue weighted by Crippen LogP contribution is -2.40. The van der Waals surface area contributed by atoms with E-state index < -0.39 is 0 Å². The van der Waals surface area contributed by atoms with E-state index >= 15 is 0 Å². The van der Waals surface area contributed by atoms with Gasteiger partial charge in [-0.25, -0.2) is 4.39 Å². The molecule has 0 radical (unpaired) electrons. The molecule has 148 valence electrons. The molecule has 0 aliphatic carbocycles. The normalized spacial score (nSPS) is 15.6. The van der Waals surface area contributed by atoms with E-state index in [4.69, 9.17) is 9.47 Å². The first-order valence-electron chi connectivity index (χ1n) is 9.48. The summed E-state index contributed by atoms with van der Waals surface area (Å²) in [6, 6.07) is 19.3. The van der Waals surface area contributed by atoms with Gasteiger partial charge >= 0.3 is 0 Å². The summed E-state index contributed by atoms with van der Waals surface area (Å²) in [6.45, 7) is 0.567. The third kappa shape index (κ3) is 3.68. The molecule has 3 aromatic carbocycles. The summed E-state index contributed by atoms with van der Waals surface area (Å²) in [7, 11) is 3.11. The fourth-order valence-corrected chi connectivity index (χ4v) is 3.89. The maximum atomic E-state index is 13.5. The average Bonchev–Trinajstić information content (AvgIpc) is 2.78. The third-order valence-electron chi connectivity index (χ3n) is 5.33. The molecule has 4 rings (SSSR count). The lowest BCUT2D eigenvalue weighted by molar-refractivity contribution is 0.0694. The number of carbonyl (C=O) groups excluding carboxylic acids is 1. The molecule has 3 aromatic rings. The van der Waals surface area contributed by atoms with Gasteiger partial charge in [0.15, 0.2) is 0 Å². The van der Waals surface area contributed by atoms with E-state index in [1.54, 1.807) is 44.6 Å². The van der Waals surface area contributed by atoms with Gasteiger partial charge in [-0.1, -0.05) is 36.4 Å². The van der Waals surface area contributed by atoms with Crippen LogP contribution in [0.1, 0.15) is 33.1 Å². The van der Waals surface area contributed by atoms with Crippen molar-refractivity contribution in [3.63, 3.8) is 0 Å². The molecule has 0 saturated carbocycles. The van der Waals surface area contributed by atoms with Crippen LogP contribution in [0.3, 0.4) is 0 Å². The van der Waals surface area contributed by atoms with Crippen molar-refractivity contribution in [1.29, 1.82) is 0 Å². The summed E-state index contributed by atoms with van der Waals surface area (Å²) in [5.41, 5.74) is 3.64. The van der Waals surface area contributed by atoms with E-state index in [1.165, 1.54) is 17.7 Å². The van der Waals surface area contributed by atoms with Crippen molar-refractivity contribution in [2.75, 3.05) is 20.8 Å². The highest BCUT2D eigenvalue weighted by atomic mass is 19.1. The fourth-order valence-electron chi connectivity index (χ4n) is 3.89. The molecule has 29 heavy (non-hydrogen) atoms. The van der Waals surface area contributed by atoms with Gasteiger partial charge in [0.05, 0.1) is 20.3 Å². The highest BCUT2D eigenvalue weighted by Gasteiger charge is 2.32. The number of hydrogen-bond donors (Lipinski definition) is 0. The number of fused-ring (bicyclic) bond motifs is 1. The number of carbonyl (C=O) groups is 1. The largest absolute Gasteiger partial charge is 0.497 e. The van der Waals surface area contributed by atoms with Crippen molar-refractivity contribution in [2.24, 2.45) is 0 Å². The second-order valence-corrected chi connectivity index (χ2v) is 7.00. The molecule has 1 amide bonds. The van der Waals surface area contributed by atoms with Gasteiger partial charge in [0.1, 0.15) is 17.3 Å². The molecule has 0 aromatic heterocycles. The van der Waals surface area contributed by atoms with E-state index in [9.17, 15) is 9.18 Å². The van der Waals surface area contributed by atoms with Crippen LogP contribution in [0.25, 0.3) is 0 Å². The first-order chi connectivity index (χ1) is 14.1. The van der Waals surface area contributed by atoms with Crippen LogP contribution in [0.15, 0.2) is 66.7 Å². The van der Waals surface area contributed by atoms with Crippen LogP contribution in [0.4, 0.5) is 4.39 Å². The van der Waals surface area contributed by atoms with Gasteiger partial charge in [-0.15, -0.1) is 0 Å². The number of nitrogens with zero attached hydrogens (tertiary/aromatic N) is 1. The smallest absolute Gasteiger partial charge is 0.254 e. The van der Waals surface area contributed by atoms with Crippen LogP contribution in [0.2, 0.25) is 0 Å². The number of ether oxygens (including phenoxy) is 2. The number of methoxy groups -OCH3 is 2. The summed E-state index contributed by atoms with van der Waals surface area (Å²) in [4.78, 5) is 15.4. The molecule has 1 unspecified atom stereocenters. The fraction of sp³-hybridized carbons (Fsp3) is 0.208. The molecule has 5 heteroatoms. The van der Waals surface area contributed by atoms with Crippen LogP contribution in [0.5, 0.6) is 11.5 Å². The first-order valence-corrected chi connectivity index (χ1v) is 9.48. The van der Waals surface area contributed by atoms with Crippen molar-refractivity contribution in [3.8, 4) is 11.5 Å². The van der Waals surface area contributed by atoms with E-state index in [-0.39, 0.29) is 17.8 Å². The van der Waals surface area contributed by atoms with Crippen LogP contribution in [-0.4, -0.2) is 31.6 Å². The molecule has 0 saturated heterocycles. The van der Waals surface area contributed by atoms with E-state index in [1.807, 2.05) is 23.1 Å². The topological polar surface area (TPSA) is 38.8 Å². The Bertz CT molecular complexity index is 1010. The van der Waals surface area contributed by atoms with Gasteiger partial charge in [-0.3, -0.25) is 4.79 Å². The minimum atomic E-state index is -0.298. The summed E-state index contributed by atoms with van der Waals surface area (Å²) < 4.78 is 24.2. The molecule has 1 heterocycles. The number of hydrogen-bond acceptors (Lipinski definition) is 3. The maximum Gasteiger partial charge on any atom is 0.254 e. The Morgan fingerprint density at radius 2 is 1.62 bits per heavy atom. The van der Waals surface area contributed by atoms with Gasteiger partial charge in [0.25, 0.3) is 5.91 Å². The van der Waals surface area contributed by atoms with Gasteiger partial charge < -0.3 is 14.4 Å². The molecule has 1 aliphatic heterocycles. The van der Waals surface area contributed by atoms with Crippen LogP contribution in [-0.2, 0) is 6.42 Å². The van der Waals surface area contributed by atoms with Crippen molar-refractivity contribution in [3.05, 3.63) is 94.8 Å². The number of benzene rings is 3. The monoisotopic (exact) mass is 391 g/mol. The predicted molar refractivity (Wildman–Crippen MR) is 109 cm³/mol. The van der Waals surface area contributed by atoms with Crippen molar-refractivity contribution in [1.82, 2.24) is 4.90 Å². The Hall–Kier alpha value is -3.34. The zero-order valence-electron chi connectivity index (χ0n) is 16.4. The Labute approximate surface area is 169 Å². The zero-order chi connectivity index (χ0) is 20.4. The van der Waals surface area contributed by atoms with Gasteiger partial charge in [0, 0.05) is 18.2 Å². The molecule has 1 aliphatic rings. The maximum absolute atomic E-state index is 13.5. The van der Waals surface area contributed by atoms with Crippen molar-refractivity contribution in [2.45, 2.75) is 12.5 Å². The molecule has 0 N–H and O–H groups in total. The van der Waals surface area contributed by atoms with E-state index in [0.29, 0.717) is 23.6 Å². The number of halogens is 1. The number of amides is 1. The molecule has 0 bridgehead atoms. The zero-order valence-corrected chi connectivity index (χ0v) is 16.4. The SMILES string of the molecule is COc1cc(OC)cc(C(=O)N2CCc3ccccc3C2c2ccc(F)cc2)c1. The molecule has 4 nitrogen and oxygen atoms in total. The Balaban J connectivity index is 1.79. The highest BCUT2D eigenvalue weighted by molar-refractivity contribution is 5.96. The predicted octanol–water partition coefficient (Wildman–Crippen LogP) is 4.63. The molecular weight excluding hydrogens is 369 g/mol. The van der Waals surface area contributed by atoms with Gasteiger partial charge in [-0.05, 0) is 47.4 Å². The van der Waals surface area contributed by atoms with Gasteiger partial charge in [-0.2, -0.15) is 0 Å². The molecular formula is C24H22FNO3.